The first-order chi connectivity index (χ1) is 15.2. The topological polar surface area (TPSA) is 59.4 Å². The van der Waals surface area contributed by atoms with Gasteiger partial charge in [0.05, 0.1) is 24.1 Å². The molecular formula is C26H25N3O2. The Morgan fingerprint density at radius 1 is 0.968 bits per heavy atom. The molecule has 5 rings (SSSR count). The number of nitrogens with one attached hydrogen (secondary N) is 1. The van der Waals surface area contributed by atoms with Gasteiger partial charge >= 0.3 is 0 Å². The Hall–Kier alpha value is -3.60. The van der Waals surface area contributed by atoms with E-state index >= 15 is 0 Å². The summed E-state index contributed by atoms with van der Waals surface area (Å²) in [4.78, 5) is 18.6. The Morgan fingerprint density at radius 2 is 1.74 bits per heavy atom. The predicted molar refractivity (Wildman–Crippen MR) is 124 cm³/mol. The van der Waals surface area contributed by atoms with Gasteiger partial charge < -0.3 is 4.74 Å². The molecule has 2 aromatic heterocycles. The molecule has 5 heteroatoms. The first-order valence-electron chi connectivity index (χ1n) is 10.7. The summed E-state index contributed by atoms with van der Waals surface area (Å²) in [5, 5.41) is 3.38. The van der Waals surface area contributed by atoms with Crippen LogP contribution in [0.1, 0.15) is 36.9 Å². The van der Waals surface area contributed by atoms with Crippen molar-refractivity contribution in [3.63, 3.8) is 0 Å². The van der Waals surface area contributed by atoms with Crippen molar-refractivity contribution in [2.45, 2.75) is 32.6 Å². The van der Waals surface area contributed by atoms with Crippen LogP contribution in [0.5, 0.6) is 5.75 Å². The van der Waals surface area contributed by atoms with Crippen LogP contribution in [0.2, 0.25) is 0 Å². The molecule has 0 spiro atoms. The second-order valence-electron chi connectivity index (χ2n) is 7.97. The number of aryl methyl sites for hydroxylation is 1. The highest BCUT2D eigenvalue weighted by Gasteiger charge is 2.23. The molecule has 0 saturated carbocycles. The number of hydrogen-bond acceptors (Lipinski definition) is 3. The molecule has 0 aliphatic heterocycles. The summed E-state index contributed by atoms with van der Waals surface area (Å²) in [5.74, 6) is 0.758. The van der Waals surface area contributed by atoms with Crippen LogP contribution in [0.25, 0.3) is 33.6 Å². The second-order valence-corrected chi connectivity index (χ2v) is 7.97. The normalized spacial score (nSPS) is 13.9. The van der Waals surface area contributed by atoms with Crippen LogP contribution in [0.4, 0.5) is 0 Å². The Morgan fingerprint density at radius 3 is 2.42 bits per heavy atom. The minimum absolute atomic E-state index is 0.0903. The summed E-state index contributed by atoms with van der Waals surface area (Å²) in [7, 11) is 1.63. The lowest BCUT2D eigenvalue weighted by Crippen LogP contribution is -2.19. The number of rotatable bonds is 4. The minimum atomic E-state index is -0.0903. The zero-order chi connectivity index (χ0) is 21.4. The second kappa shape index (κ2) is 7.91. The summed E-state index contributed by atoms with van der Waals surface area (Å²) in [6.45, 7) is 1.91. The van der Waals surface area contributed by atoms with Crippen molar-refractivity contribution in [3.8, 4) is 28.1 Å². The molecule has 0 fully saturated rings. The lowest BCUT2D eigenvalue weighted by molar-refractivity contribution is 0.415. The van der Waals surface area contributed by atoms with Crippen molar-refractivity contribution in [3.05, 3.63) is 82.3 Å². The van der Waals surface area contributed by atoms with Gasteiger partial charge in [-0.3, -0.25) is 9.89 Å². The van der Waals surface area contributed by atoms with Gasteiger partial charge in [-0.2, -0.15) is 4.52 Å². The zero-order valence-corrected chi connectivity index (χ0v) is 17.8. The van der Waals surface area contributed by atoms with Gasteiger partial charge in [0.1, 0.15) is 5.75 Å². The number of methoxy groups -OCH3 is 1. The Labute approximate surface area is 181 Å². The van der Waals surface area contributed by atoms with E-state index in [0.29, 0.717) is 11.2 Å². The maximum absolute atomic E-state index is 13.6. The minimum Gasteiger partial charge on any atom is -0.497 e. The van der Waals surface area contributed by atoms with Gasteiger partial charge in [-0.1, -0.05) is 48.5 Å². The van der Waals surface area contributed by atoms with Crippen molar-refractivity contribution in [1.29, 1.82) is 0 Å². The van der Waals surface area contributed by atoms with Crippen molar-refractivity contribution < 1.29 is 4.74 Å². The first kappa shape index (κ1) is 19.4. The Balaban J connectivity index is 1.78. The highest BCUT2D eigenvalue weighted by molar-refractivity contribution is 5.88. The molecule has 156 valence electrons. The highest BCUT2D eigenvalue weighted by Crippen LogP contribution is 2.36. The Bertz CT molecular complexity index is 1330. The quantitative estimate of drug-likeness (QED) is 0.473. The number of fused-ring (bicyclic) bond motifs is 1. The summed E-state index contributed by atoms with van der Waals surface area (Å²) in [6, 6.07) is 17.7. The maximum atomic E-state index is 13.6. The van der Waals surface area contributed by atoms with Gasteiger partial charge in [-0.15, -0.1) is 0 Å². The number of hydrogen-bond donors (Lipinski definition) is 1. The van der Waals surface area contributed by atoms with E-state index in [9.17, 15) is 4.79 Å². The molecule has 0 saturated heterocycles. The van der Waals surface area contributed by atoms with E-state index in [1.165, 1.54) is 12.0 Å². The molecular weight excluding hydrogens is 386 g/mol. The fourth-order valence-corrected chi connectivity index (χ4v) is 4.45. The average Bonchev–Trinajstić information content (AvgIpc) is 3.20. The summed E-state index contributed by atoms with van der Waals surface area (Å²) < 4.78 is 6.87. The van der Waals surface area contributed by atoms with Crippen molar-refractivity contribution in [2.24, 2.45) is 0 Å². The third-order valence-electron chi connectivity index (χ3n) is 6.01. The third kappa shape index (κ3) is 3.36. The standard InChI is InChI=1S/C26H25N3O2/c1-17-22(19-13-15-21(31-2)16-14-19)26(30)29-25(27-17)23(18-9-5-3-6-10-18)24(28-29)20-11-7-4-8-12-20/h4,7-9,11-16,28H,3,5-6,10H2,1-2H3. The smallest absolute Gasteiger partial charge is 0.280 e. The first-order valence-corrected chi connectivity index (χ1v) is 10.7. The van der Waals surface area contributed by atoms with E-state index in [1.54, 1.807) is 11.6 Å². The largest absolute Gasteiger partial charge is 0.497 e. The van der Waals surface area contributed by atoms with E-state index in [0.717, 1.165) is 53.1 Å². The number of allylic oxidation sites excluding steroid dienone is 2. The molecule has 2 heterocycles. The molecule has 1 aliphatic rings. The van der Waals surface area contributed by atoms with Gasteiger partial charge in [0.15, 0.2) is 5.65 Å². The van der Waals surface area contributed by atoms with Crippen LogP contribution in [0.3, 0.4) is 0 Å². The molecule has 1 N–H and O–H groups in total. The van der Waals surface area contributed by atoms with E-state index in [2.05, 4.69) is 23.3 Å². The average molecular weight is 412 g/mol. The van der Waals surface area contributed by atoms with Crippen LogP contribution in [0.15, 0.2) is 65.5 Å². The lowest BCUT2D eigenvalue weighted by Gasteiger charge is -2.14. The predicted octanol–water partition coefficient (Wildman–Crippen LogP) is 5.63. The van der Waals surface area contributed by atoms with E-state index < -0.39 is 0 Å². The van der Waals surface area contributed by atoms with E-state index in [-0.39, 0.29) is 5.56 Å². The van der Waals surface area contributed by atoms with E-state index in [1.807, 2.05) is 49.4 Å². The molecule has 0 radical (unpaired) electrons. The number of nitrogens with zero attached hydrogens (tertiary/aromatic N) is 2. The Kier molecular flexibility index (Phi) is 4.94. The van der Waals surface area contributed by atoms with E-state index in [4.69, 9.17) is 9.72 Å². The van der Waals surface area contributed by atoms with Gasteiger partial charge in [0.2, 0.25) is 0 Å². The molecule has 0 atom stereocenters. The summed E-state index contributed by atoms with van der Waals surface area (Å²) in [5.41, 5.74) is 7.09. The molecule has 5 nitrogen and oxygen atoms in total. The molecule has 2 aromatic carbocycles. The molecule has 0 bridgehead atoms. The number of aromatic nitrogens is 3. The van der Waals surface area contributed by atoms with Gasteiger partial charge in [0.25, 0.3) is 5.56 Å². The fourth-order valence-electron chi connectivity index (χ4n) is 4.45. The van der Waals surface area contributed by atoms with Crippen LogP contribution in [0, 0.1) is 6.92 Å². The number of aromatic amines is 1. The lowest BCUT2D eigenvalue weighted by atomic mass is 9.92. The number of ether oxygens (including phenoxy) is 1. The summed E-state index contributed by atoms with van der Waals surface area (Å²) in [6.07, 6.45) is 6.74. The zero-order valence-electron chi connectivity index (χ0n) is 17.8. The third-order valence-corrected chi connectivity index (χ3v) is 6.01. The van der Waals surface area contributed by atoms with Crippen LogP contribution in [-0.2, 0) is 0 Å². The highest BCUT2D eigenvalue weighted by atomic mass is 16.5. The fraction of sp³-hybridized carbons (Fsp3) is 0.231. The van der Waals surface area contributed by atoms with Crippen molar-refractivity contribution in [1.82, 2.24) is 14.6 Å². The SMILES string of the molecule is COc1ccc(-c2c(C)nc3c(C4=CCCCC4)c(-c4ccccc4)[nH]n3c2=O)cc1. The van der Waals surface area contributed by atoms with Gasteiger partial charge in [-0.25, -0.2) is 4.98 Å². The van der Waals surface area contributed by atoms with Crippen LogP contribution >= 0.6 is 0 Å². The van der Waals surface area contributed by atoms with Crippen molar-refractivity contribution in [2.75, 3.05) is 7.11 Å². The number of H-pyrrole nitrogens is 1. The van der Waals surface area contributed by atoms with Crippen molar-refractivity contribution >= 4 is 11.2 Å². The molecule has 31 heavy (non-hydrogen) atoms. The number of benzene rings is 2. The van der Waals surface area contributed by atoms with Crippen LogP contribution < -0.4 is 10.3 Å². The summed E-state index contributed by atoms with van der Waals surface area (Å²) >= 11 is 0. The molecule has 0 amide bonds. The monoisotopic (exact) mass is 411 g/mol. The van der Waals surface area contributed by atoms with Gasteiger partial charge in [-0.05, 0) is 55.9 Å². The molecule has 0 unspecified atom stereocenters. The molecule has 1 aliphatic carbocycles. The molecule has 4 aromatic rings. The maximum Gasteiger partial charge on any atom is 0.280 e. The van der Waals surface area contributed by atoms with Gasteiger partial charge in [0, 0.05) is 11.1 Å². The van der Waals surface area contributed by atoms with Crippen LogP contribution in [-0.4, -0.2) is 21.7 Å².